The van der Waals surface area contributed by atoms with Crippen molar-refractivity contribution in [3.63, 3.8) is 0 Å². The van der Waals surface area contributed by atoms with Crippen molar-refractivity contribution in [3.05, 3.63) is 0 Å². The molecule has 0 aromatic heterocycles. The average molecular weight is 201 g/mol. The molecule has 5 heteroatoms. The van der Waals surface area contributed by atoms with Gasteiger partial charge in [-0.15, -0.1) is 0 Å². The predicted octanol–water partition coefficient (Wildman–Crippen LogP) is -0.763. The molecule has 3 N–H and O–H groups in total. The standard InChI is InChI=1S/C9H19N3O2/c1-4-8(13)12-7(2)5-11-9(14)6-10-3/h7,10H,4-6H2,1-3H3,(H,11,14)(H,12,13). The van der Waals surface area contributed by atoms with Gasteiger partial charge >= 0.3 is 0 Å². The molecule has 1 unspecified atom stereocenters. The molecule has 0 saturated carbocycles. The van der Waals surface area contributed by atoms with Crippen molar-refractivity contribution in [3.8, 4) is 0 Å². The van der Waals surface area contributed by atoms with Crippen molar-refractivity contribution in [2.45, 2.75) is 26.3 Å². The van der Waals surface area contributed by atoms with Crippen molar-refractivity contribution in [2.75, 3.05) is 20.1 Å². The van der Waals surface area contributed by atoms with Gasteiger partial charge in [0.15, 0.2) is 0 Å². The van der Waals surface area contributed by atoms with E-state index in [1.54, 1.807) is 14.0 Å². The molecule has 82 valence electrons. The molecule has 0 aromatic rings. The Morgan fingerprint density at radius 1 is 1.29 bits per heavy atom. The Balaban J connectivity index is 3.57. The number of nitrogens with one attached hydrogen (secondary N) is 3. The van der Waals surface area contributed by atoms with Gasteiger partial charge in [-0.1, -0.05) is 6.92 Å². The largest absolute Gasteiger partial charge is 0.353 e. The molecule has 0 aliphatic heterocycles. The molecule has 5 nitrogen and oxygen atoms in total. The van der Waals surface area contributed by atoms with Crippen LogP contribution in [0, 0.1) is 0 Å². The highest BCUT2D eigenvalue weighted by molar-refractivity contribution is 5.78. The fraction of sp³-hybridized carbons (Fsp3) is 0.778. The number of carbonyl (C=O) groups is 2. The lowest BCUT2D eigenvalue weighted by Gasteiger charge is -2.13. The second-order valence-corrected chi connectivity index (χ2v) is 3.16. The van der Waals surface area contributed by atoms with Crippen LogP contribution < -0.4 is 16.0 Å². The van der Waals surface area contributed by atoms with Crippen molar-refractivity contribution in [1.29, 1.82) is 0 Å². The van der Waals surface area contributed by atoms with E-state index in [1.807, 2.05) is 6.92 Å². The van der Waals surface area contributed by atoms with E-state index in [0.29, 0.717) is 19.5 Å². The number of likely N-dealkylation sites (N-methyl/N-ethyl adjacent to an activating group) is 1. The first-order chi connectivity index (χ1) is 6.60. The molecule has 1 atom stereocenters. The minimum atomic E-state index is -0.0647. The third kappa shape index (κ3) is 6.42. The van der Waals surface area contributed by atoms with Gasteiger partial charge in [-0.3, -0.25) is 9.59 Å². The smallest absolute Gasteiger partial charge is 0.234 e. The van der Waals surface area contributed by atoms with E-state index >= 15 is 0 Å². The monoisotopic (exact) mass is 201 g/mol. The van der Waals surface area contributed by atoms with Crippen molar-refractivity contribution >= 4 is 11.8 Å². The Morgan fingerprint density at radius 2 is 1.93 bits per heavy atom. The van der Waals surface area contributed by atoms with Gasteiger partial charge in [0.2, 0.25) is 11.8 Å². The maximum atomic E-state index is 11.0. The lowest BCUT2D eigenvalue weighted by atomic mass is 10.3. The number of hydrogen-bond donors (Lipinski definition) is 3. The van der Waals surface area contributed by atoms with Crippen LogP contribution in [0.5, 0.6) is 0 Å². The van der Waals surface area contributed by atoms with Crippen LogP contribution in [0.4, 0.5) is 0 Å². The zero-order valence-corrected chi connectivity index (χ0v) is 9.02. The molecular formula is C9H19N3O2. The molecule has 0 aliphatic carbocycles. The Labute approximate surface area is 84.6 Å². The number of rotatable bonds is 6. The fourth-order valence-corrected chi connectivity index (χ4v) is 0.918. The summed E-state index contributed by atoms with van der Waals surface area (Å²) < 4.78 is 0. The lowest BCUT2D eigenvalue weighted by Crippen LogP contribution is -2.43. The Hall–Kier alpha value is -1.10. The molecule has 0 radical (unpaired) electrons. The summed E-state index contributed by atoms with van der Waals surface area (Å²) in [5.41, 5.74) is 0. The number of amides is 2. The van der Waals surface area contributed by atoms with Crippen molar-refractivity contribution < 1.29 is 9.59 Å². The Kier molecular flexibility index (Phi) is 6.74. The van der Waals surface area contributed by atoms with E-state index in [0.717, 1.165) is 0 Å². The summed E-state index contributed by atoms with van der Waals surface area (Å²) in [5, 5.41) is 8.19. The van der Waals surface area contributed by atoms with Crippen LogP contribution in [0.1, 0.15) is 20.3 Å². The minimum Gasteiger partial charge on any atom is -0.353 e. The van der Waals surface area contributed by atoms with Crippen LogP contribution in [0.3, 0.4) is 0 Å². The highest BCUT2D eigenvalue weighted by Gasteiger charge is 2.06. The van der Waals surface area contributed by atoms with Gasteiger partial charge in [-0.05, 0) is 14.0 Å². The summed E-state index contributed by atoms with van der Waals surface area (Å²) in [6.45, 7) is 4.41. The first-order valence-electron chi connectivity index (χ1n) is 4.80. The van der Waals surface area contributed by atoms with E-state index < -0.39 is 0 Å². The van der Waals surface area contributed by atoms with Crippen LogP contribution >= 0.6 is 0 Å². The molecule has 0 fully saturated rings. The summed E-state index contributed by atoms with van der Waals surface area (Å²) >= 11 is 0. The van der Waals surface area contributed by atoms with Gasteiger partial charge in [-0.25, -0.2) is 0 Å². The van der Waals surface area contributed by atoms with Crippen LogP contribution in [0.25, 0.3) is 0 Å². The summed E-state index contributed by atoms with van der Waals surface area (Å²) in [6.07, 6.45) is 0.467. The third-order valence-electron chi connectivity index (χ3n) is 1.67. The SMILES string of the molecule is CCC(=O)NC(C)CNC(=O)CNC. The molecule has 2 amide bonds. The molecule has 0 saturated heterocycles. The molecule has 0 bridgehead atoms. The van der Waals surface area contributed by atoms with Crippen molar-refractivity contribution in [2.24, 2.45) is 0 Å². The zero-order chi connectivity index (χ0) is 11.0. The van der Waals surface area contributed by atoms with E-state index in [1.165, 1.54) is 0 Å². The predicted molar refractivity (Wildman–Crippen MR) is 54.8 cm³/mol. The minimum absolute atomic E-state index is 0.000338. The second kappa shape index (κ2) is 7.32. The second-order valence-electron chi connectivity index (χ2n) is 3.16. The molecule has 0 rings (SSSR count). The van der Waals surface area contributed by atoms with Crippen molar-refractivity contribution in [1.82, 2.24) is 16.0 Å². The molecule has 0 aliphatic rings. The highest BCUT2D eigenvalue weighted by atomic mass is 16.2. The van der Waals surface area contributed by atoms with Gasteiger partial charge < -0.3 is 16.0 Å². The molecular weight excluding hydrogens is 182 g/mol. The van der Waals surface area contributed by atoms with E-state index in [4.69, 9.17) is 0 Å². The van der Waals surface area contributed by atoms with Gasteiger partial charge in [0, 0.05) is 19.0 Å². The highest BCUT2D eigenvalue weighted by Crippen LogP contribution is 1.82. The van der Waals surface area contributed by atoms with E-state index in [9.17, 15) is 9.59 Å². The third-order valence-corrected chi connectivity index (χ3v) is 1.67. The zero-order valence-electron chi connectivity index (χ0n) is 9.02. The molecule has 0 heterocycles. The van der Waals surface area contributed by atoms with Crippen LogP contribution in [0.2, 0.25) is 0 Å². The van der Waals surface area contributed by atoms with Gasteiger partial charge in [0.1, 0.15) is 0 Å². The normalized spacial score (nSPS) is 11.9. The summed E-state index contributed by atoms with van der Waals surface area (Å²) in [6, 6.07) is -0.0248. The summed E-state index contributed by atoms with van der Waals surface area (Å²) in [5.74, 6) is -0.0644. The number of carbonyl (C=O) groups excluding carboxylic acids is 2. The maximum absolute atomic E-state index is 11.0. The lowest BCUT2D eigenvalue weighted by molar-refractivity contribution is -0.123. The topological polar surface area (TPSA) is 70.2 Å². The maximum Gasteiger partial charge on any atom is 0.234 e. The van der Waals surface area contributed by atoms with Gasteiger partial charge in [-0.2, -0.15) is 0 Å². The van der Waals surface area contributed by atoms with Crippen LogP contribution in [0.15, 0.2) is 0 Å². The first-order valence-corrected chi connectivity index (χ1v) is 4.80. The molecule has 14 heavy (non-hydrogen) atoms. The van der Waals surface area contributed by atoms with Crippen LogP contribution in [-0.2, 0) is 9.59 Å². The Bertz CT molecular complexity index is 194. The van der Waals surface area contributed by atoms with Gasteiger partial charge in [0.25, 0.3) is 0 Å². The summed E-state index contributed by atoms with van der Waals surface area (Å²) in [7, 11) is 1.71. The Morgan fingerprint density at radius 3 is 2.43 bits per heavy atom. The first kappa shape index (κ1) is 12.9. The van der Waals surface area contributed by atoms with Crippen LogP contribution in [-0.4, -0.2) is 38.0 Å². The van der Waals surface area contributed by atoms with Gasteiger partial charge in [0.05, 0.1) is 6.54 Å². The molecule has 0 aromatic carbocycles. The average Bonchev–Trinajstić information content (AvgIpc) is 2.15. The van der Waals surface area contributed by atoms with E-state index in [2.05, 4.69) is 16.0 Å². The molecule has 0 spiro atoms. The number of hydrogen-bond acceptors (Lipinski definition) is 3. The van der Waals surface area contributed by atoms with E-state index in [-0.39, 0.29) is 17.9 Å². The quantitative estimate of drug-likeness (QED) is 0.529. The summed E-state index contributed by atoms with van der Waals surface area (Å²) in [4.78, 5) is 22.0. The fourth-order valence-electron chi connectivity index (χ4n) is 0.918.